The lowest BCUT2D eigenvalue weighted by Crippen LogP contribution is -2.72. The summed E-state index contributed by atoms with van der Waals surface area (Å²) in [6.45, 7) is 1.12. The molecule has 37 heteroatoms. The van der Waals surface area contributed by atoms with Crippen molar-refractivity contribution in [3.05, 3.63) is 154 Å². The van der Waals surface area contributed by atoms with Gasteiger partial charge in [-0.15, -0.1) is 0 Å². The predicted molar refractivity (Wildman–Crippen MR) is 375 cm³/mol. The summed E-state index contributed by atoms with van der Waals surface area (Å²) in [7, 11) is 0. The summed E-state index contributed by atoms with van der Waals surface area (Å²) in [5, 5.41) is 33.3. The Bertz CT molecular complexity index is 3430. The molecular formula is C68H80BrCl6N5O25. The van der Waals surface area contributed by atoms with Crippen LogP contribution in [-0.4, -0.2) is 229 Å². The first-order valence-electron chi connectivity index (χ1n) is 33.2. The van der Waals surface area contributed by atoms with E-state index in [-0.39, 0.29) is 58.1 Å². The molecule has 30 nitrogen and oxygen atoms in total. The van der Waals surface area contributed by atoms with E-state index in [0.717, 1.165) is 20.8 Å². The molecule has 576 valence electrons. The number of benzene rings is 4. The maximum absolute atomic E-state index is 14.5. The highest BCUT2D eigenvalue weighted by Crippen LogP contribution is 2.43. The van der Waals surface area contributed by atoms with Crippen molar-refractivity contribution < 1.29 is 119 Å². The van der Waals surface area contributed by atoms with E-state index in [0.29, 0.717) is 28.7 Å². The van der Waals surface area contributed by atoms with E-state index in [1.165, 1.54) is 0 Å². The second-order valence-corrected chi connectivity index (χ2v) is 29.5. The van der Waals surface area contributed by atoms with Crippen molar-refractivity contribution in [2.24, 2.45) is 5.11 Å². The van der Waals surface area contributed by atoms with Gasteiger partial charge in [-0.05, 0) is 28.6 Å². The molecular weight excluding hydrogens is 1580 g/mol. The zero-order valence-electron chi connectivity index (χ0n) is 56.6. The van der Waals surface area contributed by atoms with Crippen molar-refractivity contribution in [2.45, 2.75) is 184 Å². The number of aliphatic hydroxyl groups is 2. The summed E-state index contributed by atoms with van der Waals surface area (Å²) in [5.74, 6) is -5.07. The lowest BCUT2D eigenvalue weighted by molar-refractivity contribution is -0.399. The van der Waals surface area contributed by atoms with Crippen molar-refractivity contribution in [1.82, 2.24) is 10.6 Å². The minimum atomic E-state index is -2.74. The van der Waals surface area contributed by atoms with E-state index >= 15 is 0 Å². The van der Waals surface area contributed by atoms with Crippen LogP contribution in [0.5, 0.6) is 0 Å². The molecule has 0 saturated carbocycles. The van der Waals surface area contributed by atoms with Crippen molar-refractivity contribution in [3.8, 4) is 0 Å². The Kier molecular flexibility index (Phi) is 33.0. The zero-order valence-corrected chi connectivity index (χ0v) is 62.8. The Morgan fingerprint density at radius 3 is 1.63 bits per heavy atom. The van der Waals surface area contributed by atoms with Gasteiger partial charge >= 0.3 is 17.9 Å². The lowest BCUT2D eigenvalue weighted by Gasteiger charge is -2.53. The van der Waals surface area contributed by atoms with Gasteiger partial charge in [0, 0.05) is 49.7 Å². The molecule has 1 unspecified atom stereocenters. The fourth-order valence-electron chi connectivity index (χ4n) is 12.1. The molecule has 0 bridgehead atoms. The number of hydrogen-bond donors (Lipinski definition) is 4. The molecule has 0 aromatic heterocycles. The lowest BCUT2D eigenvalue weighted by atomic mass is 9.93. The molecule has 4 aromatic rings. The Hall–Kier alpha value is -4.92. The van der Waals surface area contributed by atoms with Crippen molar-refractivity contribution in [2.75, 3.05) is 58.3 Å². The first kappa shape index (κ1) is 84.1. The van der Waals surface area contributed by atoms with Crippen LogP contribution in [0.4, 0.5) is 0 Å². The van der Waals surface area contributed by atoms with Crippen LogP contribution in [0.15, 0.2) is 126 Å². The van der Waals surface area contributed by atoms with Gasteiger partial charge in [0.25, 0.3) is 19.4 Å². The average molecular weight is 1660 g/mol. The standard InChI is InChI=1S/C68H80BrCl6N5O25/c1-37(82)90-34-46-54(96-38(2)83)57(97-39(3)84)50(85)63(101-46)104-56-49(79-66(87)68(73,74)75)62(100-47-35-94-60(102-53(47)56)43-23-14-7-15-24-43)103-52-45(30-81)99-64(59(93-33-42-21-12-6-13-22-42)58(52)92-32-41-19-10-5-11-20-41)105-55-48(78-65(86)67(70,71)72)61(95-36-89-27-16-26-88-28-25-77-80-76)98-44(29-69)51(55)91-31-40-17-8-4-9-18-40/h4-15,17-24,44-64,81,85H,16,25-36H2,1-3H3,(H,78,86)(H,79,87)/t44-,45-,46-,47-,48-,49-,50-,51-,52+,53-,54+,55-,56-,57-,58+,59-,60?,61-,62+,63+,64-/m1/s1. The van der Waals surface area contributed by atoms with E-state index in [1.807, 2.05) is 30.3 Å². The zero-order chi connectivity index (χ0) is 75.2. The van der Waals surface area contributed by atoms with Crippen molar-refractivity contribution >= 4 is 115 Å². The minimum Gasteiger partial charge on any atom is -0.463 e. The van der Waals surface area contributed by atoms with Crippen LogP contribution in [0.25, 0.3) is 10.4 Å². The highest BCUT2D eigenvalue weighted by molar-refractivity contribution is 9.09. The number of carbonyl (C=O) groups excluding carboxylic acids is 5. The van der Waals surface area contributed by atoms with Crippen molar-refractivity contribution in [1.29, 1.82) is 0 Å². The Morgan fingerprint density at radius 1 is 0.562 bits per heavy atom. The topological polar surface area (TPSA) is 365 Å². The van der Waals surface area contributed by atoms with Crippen LogP contribution in [0.1, 0.15) is 55.7 Å². The van der Waals surface area contributed by atoms with E-state index in [9.17, 15) is 34.2 Å². The fraction of sp³-hybridized carbons (Fsp3) is 0.574. The first-order valence-corrected chi connectivity index (χ1v) is 36.6. The molecule has 5 saturated heterocycles. The van der Waals surface area contributed by atoms with Crippen molar-refractivity contribution in [3.63, 3.8) is 0 Å². The average Bonchev–Trinajstić information content (AvgIpc) is 0.750. The van der Waals surface area contributed by atoms with E-state index in [1.54, 1.807) is 91.0 Å². The summed E-state index contributed by atoms with van der Waals surface area (Å²) < 4.78 is 111. The summed E-state index contributed by atoms with van der Waals surface area (Å²) in [6, 6.07) is 32.4. The predicted octanol–water partition coefficient (Wildman–Crippen LogP) is 7.50. The Balaban J connectivity index is 1.15. The number of aliphatic hydroxyl groups excluding tert-OH is 2. The smallest absolute Gasteiger partial charge is 0.303 e. The second kappa shape index (κ2) is 41.2. The molecule has 0 aliphatic carbocycles. The Labute approximate surface area is 642 Å². The summed E-state index contributed by atoms with van der Waals surface area (Å²) in [4.78, 5) is 69.3. The number of amides is 2. The monoisotopic (exact) mass is 1660 g/mol. The summed E-state index contributed by atoms with van der Waals surface area (Å²) in [6.07, 6.45) is -29.2. The van der Waals surface area contributed by atoms with Gasteiger partial charge in [-0.1, -0.05) is 212 Å². The number of halogens is 7. The van der Waals surface area contributed by atoms with Gasteiger partial charge in [0.2, 0.25) is 0 Å². The maximum atomic E-state index is 14.5. The third-order valence-corrected chi connectivity index (χ3v) is 18.4. The molecule has 4 aromatic carbocycles. The molecule has 5 fully saturated rings. The number of rotatable bonds is 34. The van der Waals surface area contributed by atoms with Gasteiger partial charge in [0.05, 0.1) is 52.4 Å². The molecule has 21 atom stereocenters. The van der Waals surface area contributed by atoms with Crippen LogP contribution < -0.4 is 10.6 Å². The number of hydrogen-bond acceptors (Lipinski definition) is 26. The summed E-state index contributed by atoms with van der Waals surface area (Å²) in [5.41, 5.74) is 11.1. The van der Waals surface area contributed by atoms with E-state index < -0.39 is 186 Å². The fourth-order valence-corrected chi connectivity index (χ4v) is 12.9. The number of fused-ring (bicyclic) bond motifs is 1. The SMILES string of the molecule is CC(=O)OC[C@H]1O[C@@H](O[C@@H]2[C@@H](NC(=O)C(Cl)(Cl)Cl)[C@H](O[C@@H]3[C@H](OCc4ccccc4)[C@@H](OCc4ccccc4)[C@@H](O[C@@H]4[C@@H](NC(=O)C(Cl)(Cl)Cl)[C@H](OCOCCCOCCN=[N+]=[N-])O[C@H](CBr)[C@H]4OCc4ccccc4)O[C@@H]3CO)O[C@@H]3COC(c4ccccc4)O[C@@H]23)[C@H](O)[C@@H](OC(C)=O)[C@H]1OC(C)=O. The third-order valence-electron chi connectivity index (χ3n) is 16.8. The quantitative estimate of drug-likeness (QED) is 0.00513. The largest absolute Gasteiger partial charge is 0.463 e. The second-order valence-electron chi connectivity index (χ2n) is 24.3. The number of ether oxygens (including phenoxy) is 18. The van der Waals surface area contributed by atoms with Crippen LogP contribution in [-0.2, 0) is 129 Å². The number of carbonyl (C=O) groups is 5. The molecule has 5 aliphatic rings. The van der Waals surface area contributed by atoms with Crippen LogP contribution >= 0.6 is 85.5 Å². The first-order chi connectivity index (χ1) is 50.4. The van der Waals surface area contributed by atoms with Gasteiger partial charge in [0.1, 0.15) is 92.6 Å². The third kappa shape index (κ3) is 24.3. The molecule has 5 heterocycles. The minimum absolute atomic E-state index is 0.0536. The van der Waals surface area contributed by atoms with E-state index in [2.05, 4.69) is 36.6 Å². The molecule has 4 N–H and O–H groups in total. The number of esters is 3. The van der Waals surface area contributed by atoms with Gasteiger partial charge < -0.3 is 106 Å². The Morgan fingerprint density at radius 2 is 1.08 bits per heavy atom. The molecule has 5 aliphatic heterocycles. The van der Waals surface area contributed by atoms with Gasteiger partial charge in [-0.25, -0.2) is 0 Å². The molecule has 9 rings (SSSR count). The number of nitrogens with zero attached hydrogens (tertiary/aromatic N) is 3. The number of alkyl halides is 7. The van der Waals surface area contributed by atoms with Crippen LogP contribution in [0.2, 0.25) is 0 Å². The highest BCUT2D eigenvalue weighted by Gasteiger charge is 2.61. The van der Waals surface area contributed by atoms with E-state index in [4.69, 9.17) is 160 Å². The van der Waals surface area contributed by atoms with Gasteiger partial charge in [-0.3, -0.25) is 24.0 Å². The summed E-state index contributed by atoms with van der Waals surface area (Å²) >= 11 is 41.7. The molecule has 2 amide bonds. The maximum Gasteiger partial charge on any atom is 0.303 e. The van der Waals surface area contributed by atoms with Gasteiger partial charge in [-0.2, -0.15) is 0 Å². The number of nitrogens with one attached hydrogen (secondary N) is 2. The van der Waals surface area contributed by atoms with Gasteiger partial charge in [0.15, 0.2) is 43.7 Å². The number of azide groups is 1. The highest BCUT2D eigenvalue weighted by atomic mass is 79.9. The van der Waals surface area contributed by atoms with Crippen LogP contribution in [0.3, 0.4) is 0 Å². The molecule has 105 heavy (non-hydrogen) atoms. The molecule has 0 spiro atoms. The molecule has 0 radical (unpaired) electrons. The normalized spacial score (nSPS) is 30.5. The van der Waals surface area contributed by atoms with Crippen LogP contribution in [0, 0.1) is 0 Å².